The van der Waals surface area contributed by atoms with Crippen molar-refractivity contribution in [1.82, 2.24) is 14.7 Å². The van der Waals surface area contributed by atoms with Crippen molar-refractivity contribution in [2.24, 2.45) is 0 Å². The summed E-state index contributed by atoms with van der Waals surface area (Å²) in [7, 11) is 1.63. The van der Waals surface area contributed by atoms with E-state index in [2.05, 4.69) is 39.8 Å². The number of aryl methyl sites for hydroxylation is 1. The van der Waals surface area contributed by atoms with E-state index >= 15 is 0 Å². The molecule has 2 aliphatic heterocycles. The van der Waals surface area contributed by atoms with Gasteiger partial charge in [-0.25, -0.2) is 4.68 Å². The smallest absolute Gasteiger partial charge is 0.242 e. The van der Waals surface area contributed by atoms with E-state index in [1.165, 1.54) is 0 Å². The molecule has 9 heteroatoms. The molecule has 2 aromatic carbocycles. The van der Waals surface area contributed by atoms with Crippen molar-refractivity contribution >= 4 is 29.4 Å². The monoisotopic (exact) mass is 548 g/mol. The Bertz CT molecular complexity index is 1360. The summed E-state index contributed by atoms with van der Waals surface area (Å²) >= 11 is 1.60. The van der Waals surface area contributed by atoms with Crippen LogP contribution < -0.4 is 9.64 Å². The van der Waals surface area contributed by atoms with E-state index in [-0.39, 0.29) is 34.8 Å². The minimum absolute atomic E-state index is 0.0433. The number of rotatable bonds is 5. The maximum atomic E-state index is 13.8. The average molecular weight is 549 g/mol. The highest BCUT2D eigenvalue weighted by molar-refractivity contribution is 8.00. The molecule has 0 aliphatic carbocycles. The third-order valence-electron chi connectivity index (χ3n) is 7.24. The van der Waals surface area contributed by atoms with Gasteiger partial charge < -0.3 is 14.4 Å². The van der Waals surface area contributed by atoms with Gasteiger partial charge in [0.25, 0.3) is 0 Å². The highest BCUT2D eigenvalue weighted by Crippen LogP contribution is 2.49. The number of carbonyl (C=O) groups is 2. The number of methoxy groups -OCH3 is 1. The maximum absolute atomic E-state index is 13.8. The van der Waals surface area contributed by atoms with Crippen molar-refractivity contribution in [3.05, 3.63) is 70.9 Å². The number of hydrogen-bond acceptors (Lipinski definition) is 6. The molecular formula is C30H36N4O4S. The van der Waals surface area contributed by atoms with Crippen LogP contribution in [0.3, 0.4) is 0 Å². The quantitative estimate of drug-likeness (QED) is 0.467. The zero-order valence-corrected chi connectivity index (χ0v) is 24.1. The summed E-state index contributed by atoms with van der Waals surface area (Å²) < 4.78 is 12.7. The summed E-state index contributed by atoms with van der Waals surface area (Å²) in [6, 6.07) is 16.0. The second kappa shape index (κ2) is 11.1. The standard InChI is InChI=1S/C30H36N4O4S/c1-20-8-6-7-9-23(20)27-26-28(30(2,3)4)31-34(21-10-12-22(37-5)13-11-21)29(26)33(25(36)19-39-27)18-24(35)32-14-16-38-17-15-32/h6-13,27H,14-19H2,1-5H3/t27-/m1/s1. The lowest BCUT2D eigenvalue weighted by molar-refractivity contribution is -0.134. The molecule has 2 amide bonds. The van der Waals surface area contributed by atoms with Crippen molar-refractivity contribution < 1.29 is 19.1 Å². The van der Waals surface area contributed by atoms with Gasteiger partial charge >= 0.3 is 0 Å². The number of hydrogen-bond donors (Lipinski definition) is 0. The molecule has 0 radical (unpaired) electrons. The van der Waals surface area contributed by atoms with Crippen LogP contribution in [-0.2, 0) is 19.7 Å². The molecule has 2 aliphatic rings. The van der Waals surface area contributed by atoms with Gasteiger partial charge in [-0.05, 0) is 42.3 Å². The normalized spacial score (nSPS) is 18.1. The van der Waals surface area contributed by atoms with Crippen LogP contribution in [0.15, 0.2) is 48.5 Å². The predicted molar refractivity (Wildman–Crippen MR) is 154 cm³/mol. The summed E-state index contributed by atoms with van der Waals surface area (Å²) in [5.41, 5.74) is 4.69. The van der Waals surface area contributed by atoms with E-state index in [4.69, 9.17) is 14.6 Å². The Labute approximate surface area is 234 Å². The molecule has 206 valence electrons. The second-order valence-electron chi connectivity index (χ2n) is 11.0. The van der Waals surface area contributed by atoms with E-state index in [1.807, 2.05) is 41.1 Å². The summed E-state index contributed by atoms with van der Waals surface area (Å²) in [4.78, 5) is 30.8. The van der Waals surface area contributed by atoms with Crippen molar-refractivity contribution in [2.75, 3.05) is 50.6 Å². The van der Waals surface area contributed by atoms with Crippen LogP contribution in [0.1, 0.15) is 48.4 Å². The summed E-state index contributed by atoms with van der Waals surface area (Å²) in [5.74, 6) is 1.47. The molecule has 0 unspecified atom stereocenters. The molecule has 39 heavy (non-hydrogen) atoms. The fourth-order valence-electron chi connectivity index (χ4n) is 5.15. The summed E-state index contributed by atoms with van der Waals surface area (Å²) in [5, 5.41) is 5.05. The van der Waals surface area contributed by atoms with Crippen LogP contribution in [0.5, 0.6) is 5.75 Å². The summed E-state index contributed by atoms with van der Waals surface area (Å²) in [6.07, 6.45) is 0. The van der Waals surface area contributed by atoms with Crippen molar-refractivity contribution in [2.45, 2.75) is 38.4 Å². The fourth-order valence-corrected chi connectivity index (χ4v) is 6.44. The second-order valence-corrected chi connectivity index (χ2v) is 12.1. The minimum atomic E-state index is -0.309. The number of fused-ring (bicyclic) bond motifs is 1. The van der Waals surface area contributed by atoms with Crippen LogP contribution in [0.25, 0.3) is 5.69 Å². The lowest BCUT2D eigenvalue weighted by Crippen LogP contribution is -2.48. The van der Waals surface area contributed by atoms with E-state index in [9.17, 15) is 9.59 Å². The molecule has 0 spiro atoms. The van der Waals surface area contributed by atoms with Crippen LogP contribution in [0.2, 0.25) is 0 Å². The van der Waals surface area contributed by atoms with Gasteiger partial charge in [0.1, 0.15) is 18.1 Å². The van der Waals surface area contributed by atoms with Gasteiger partial charge in [-0.3, -0.25) is 14.5 Å². The highest BCUT2D eigenvalue weighted by Gasteiger charge is 2.40. The van der Waals surface area contributed by atoms with Crippen LogP contribution in [0, 0.1) is 6.92 Å². The third-order valence-corrected chi connectivity index (χ3v) is 8.48. The zero-order valence-electron chi connectivity index (χ0n) is 23.3. The molecule has 1 fully saturated rings. The molecule has 0 bridgehead atoms. The number of morpholine rings is 1. The van der Waals surface area contributed by atoms with Gasteiger partial charge in [0.05, 0.1) is 42.7 Å². The highest BCUT2D eigenvalue weighted by atomic mass is 32.2. The molecule has 3 heterocycles. The van der Waals surface area contributed by atoms with Crippen molar-refractivity contribution in [1.29, 1.82) is 0 Å². The van der Waals surface area contributed by atoms with Gasteiger partial charge in [0, 0.05) is 24.1 Å². The molecule has 1 atom stereocenters. The summed E-state index contributed by atoms with van der Waals surface area (Å²) in [6.45, 7) is 10.6. The van der Waals surface area contributed by atoms with Crippen molar-refractivity contribution in [3.8, 4) is 11.4 Å². The lowest BCUT2D eigenvalue weighted by atomic mass is 9.86. The Morgan fingerprint density at radius 3 is 2.44 bits per heavy atom. The minimum Gasteiger partial charge on any atom is -0.497 e. The molecule has 0 N–H and O–H groups in total. The van der Waals surface area contributed by atoms with Gasteiger partial charge in [0.2, 0.25) is 11.8 Å². The predicted octanol–water partition coefficient (Wildman–Crippen LogP) is 4.51. The number of aromatic nitrogens is 2. The Balaban J connectivity index is 1.73. The third kappa shape index (κ3) is 5.43. The Kier molecular flexibility index (Phi) is 7.73. The van der Waals surface area contributed by atoms with E-state index in [0.717, 1.165) is 33.8 Å². The number of carbonyl (C=O) groups excluding carboxylic acids is 2. The number of benzene rings is 2. The first kappa shape index (κ1) is 27.3. The Morgan fingerprint density at radius 2 is 1.79 bits per heavy atom. The largest absolute Gasteiger partial charge is 0.497 e. The zero-order chi connectivity index (χ0) is 27.7. The average Bonchev–Trinajstić information content (AvgIpc) is 3.28. The molecule has 1 aromatic heterocycles. The topological polar surface area (TPSA) is 76.9 Å². The van der Waals surface area contributed by atoms with Gasteiger partial charge in [-0.15, -0.1) is 11.8 Å². The molecule has 1 saturated heterocycles. The van der Waals surface area contributed by atoms with Gasteiger partial charge in [0.15, 0.2) is 0 Å². The van der Waals surface area contributed by atoms with Crippen molar-refractivity contribution in [3.63, 3.8) is 0 Å². The van der Waals surface area contributed by atoms with Gasteiger partial charge in [-0.2, -0.15) is 5.10 Å². The van der Waals surface area contributed by atoms with Crippen LogP contribution in [-0.4, -0.2) is 72.2 Å². The van der Waals surface area contributed by atoms with Crippen LogP contribution >= 0.6 is 11.8 Å². The first-order valence-electron chi connectivity index (χ1n) is 13.3. The SMILES string of the molecule is COc1ccc(-n2nc(C(C)(C)C)c3c2N(CC(=O)N2CCOCC2)C(=O)CS[C@@H]3c2ccccc2C)cc1. The molecule has 5 rings (SSSR count). The number of ether oxygens (including phenoxy) is 2. The first-order valence-corrected chi connectivity index (χ1v) is 14.3. The number of nitrogens with zero attached hydrogens (tertiary/aromatic N) is 4. The first-order chi connectivity index (χ1) is 18.7. The number of anilines is 1. The van der Waals surface area contributed by atoms with Gasteiger partial charge in [-0.1, -0.05) is 45.0 Å². The van der Waals surface area contributed by atoms with Crippen LogP contribution in [0.4, 0.5) is 5.82 Å². The maximum Gasteiger partial charge on any atom is 0.242 e. The number of amides is 2. The van der Waals surface area contributed by atoms with E-state index in [0.29, 0.717) is 32.1 Å². The molecule has 3 aromatic rings. The fraction of sp³-hybridized carbons (Fsp3) is 0.433. The number of thioether (sulfide) groups is 1. The molecule has 8 nitrogen and oxygen atoms in total. The molecular weight excluding hydrogens is 512 g/mol. The van der Waals surface area contributed by atoms with E-state index in [1.54, 1.807) is 28.7 Å². The molecule has 0 saturated carbocycles. The Morgan fingerprint density at radius 1 is 1.10 bits per heavy atom. The van der Waals surface area contributed by atoms with E-state index < -0.39 is 0 Å². The lowest BCUT2D eigenvalue weighted by Gasteiger charge is -2.30. The Hall–Kier alpha value is -3.30.